The van der Waals surface area contributed by atoms with Crippen LogP contribution < -0.4 is 32.7 Å². The lowest BCUT2D eigenvalue weighted by molar-refractivity contribution is -0.192. The second kappa shape index (κ2) is 16.1. The monoisotopic (exact) mass is 513 g/mol. The van der Waals surface area contributed by atoms with E-state index < -0.39 is 42.1 Å². The first-order valence-electron chi connectivity index (χ1n) is 10.4. The molecule has 0 aliphatic carbocycles. The normalized spacial score (nSPS) is 13.2. The summed E-state index contributed by atoms with van der Waals surface area (Å²) < 4.78 is 31.7. The van der Waals surface area contributed by atoms with Crippen molar-refractivity contribution in [3.05, 3.63) is 0 Å². The van der Waals surface area contributed by atoms with Gasteiger partial charge in [-0.05, 0) is 40.5 Å². The summed E-state index contributed by atoms with van der Waals surface area (Å²) in [7, 11) is 0. The van der Waals surface area contributed by atoms with E-state index in [2.05, 4.69) is 26.3 Å². The zero-order valence-electron chi connectivity index (χ0n) is 20.2. The number of alkyl halides is 3. The maximum atomic E-state index is 12.6. The molecule has 9 N–H and O–H groups in total. The largest absolute Gasteiger partial charge is 0.490 e. The average Bonchev–Trinajstić information content (AvgIpc) is 2.68. The van der Waals surface area contributed by atoms with E-state index in [-0.39, 0.29) is 36.8 Å². The molecule has 0 aliphatic heterocycles. The Kier molecular flexibility index (Phi) is 15.5. The molecule has 16 heteroatoms. The van der Waals surface area contributed by atoms with Gasteiger partial charge in [0.05, 0.1) is 0 Å². The van der Waals surface area contributed by atoms with Gasteiger partial charge >= 0.3 is 12.1 Å². The molecule has 0 saturated heterocycles. The van der Waals surface area contributed by atoms with Crippen molar-refractivity contribution >= 4 is 35.6 Å². The van der Waals surface area contributed by atoms with Gasteiger partial charge in [0, 0.05) is 19.5 Å². The van der Waals surface area contributed by atoms with Crippen molar-refractivity contribution in [3.8, 4) is 0 Å². The van der Waals surface area contributed by atoms with Gasteiger partial charge in [0.2, 0.25) is 23.6 Å². The Labute approximate surface area is 200 Å². The highest BCUT2D eigenvalue weighted by atomic mass is 19.4. The highest BCUT2D eigenvalue weighted by Gasteiger charge is 2.38. The van der Waals surface area contributed by atoms with E-state index >= 15 is 0 Å². The third kappa shape index (κ3) is 17.5. The molecule has 0 aliphatic rings. The second-order valence-corrected chi connectivity index (χ2v) is 7.63. The van der Waals surface area contributed by atoms with Crippen molar-refractivity contribution < 1.29 is 42.3 Å². The topological polar surface area (TPSA) is 218 Å². The van der Waals surface area contributed by atoms with Gasteiger partial charge in [0.1, 0.15) is 18.1 Å². The molecule has 0 aromatic heterocycles. The van der Waals surface area contributed by atoms with Gasteiger partial charge in [-0.25, -0.2) is 4.79 Å². The number of aliphatic imine (C=N–C) groups is 1. The molecule has 3 atom stereocenters. The van der Waals surface area contributed by atoms with Crippen LogP contribution in [0.25, 0.3) is 0 Å². The summed E-state index contributed by atoms with van der Waals surface area (Å²) in [6.45, 7) is 8.24. The smallest absolute Gasteiger partial charge is 0.475 e. The summed E-state index contributed by atoms with van der Waals surface area (Å²) >= 11 is 0. The summed E-state index contributed by atoms with van der Waals surface area (Å²) in [6.07, 6.45) is -4.41. The molecule has 13 nitrogen and oxygen atoms in total. The highest BCUT2D eigenvalue weighted by Crippen LogP contribution is 2.13. The fraction of sp³-hybridized carbons (Fsp3) is 0.684. The van der Waals surface area contributed by atoms with Crippen LogP contribution in [0, 0.1) is 0 Å². The van der Waals surface area contributed by atoms with Crippen molar-refractivity contribution in [2.24, 2.45) is 16.5 Å². The number of carboxylic acids is 1. The molecule has 0 fully saturated rings. The van der Waals surface area contributed by atoms with E-state index in [0.717, 1.165) is 0 Å². The fourth-order valence-electron chi connectivity index (χ4n) is 2.23. The number of amides is 4. The molecule has 0 heterocycles. The molecule has 0 saturated carbocycles. The van der Waals surface area contributed by atoms with Gasteiger partial charge in [-0.15, -0.1) is 0 Å². The van der Waals surface area contributed by atoms with Gasteiger partial charge in [-0.2, -0.15) is 13.2 Å². The number of halogens is 3. The van der Waals surface area contributed by atoms with Crippen LogP contribution in [0.4, 0.5) is 13.2 Å². The van der Waals surface area contributed by atoms with Gasteiger partial charge in [-0.1, -0.05) is 0 Å². The number of guanidine groups is 1. The minimum Gasteiger partial charge on any atom is -0.475 e. The first-order chi connectivity index (χ1) is 15.9. The molecular formula is C19H34F3N7O6. The lowest BCUT2D eigenvalue weighted by atomic mass is 10.1. The van der Waals surface area contributed by atoms with Crippen molar-refractivity contribution in [2.75, 3.05) is 6.54 Å². The maximum absolute atomic E-state index is 12.6. The summed E-state index contributed by atoms with van der Waals surface area (Å²) in [5, 5.41) is 17.4. The molecule has 0 radical (unpaired) electrons. The zero-order valence-corrected chi connectivity index (χ0v) is 20.2. The van der Waals surface area contributed by atoms with Crippen LogP contribution in [0.5, 0.6) is 0 Å². The second-order valence-electron chi connectivity index (χ2n) is 7.63. The minimum atomic E-state index is -5.08. The number of nitrogens with one attached hydrogen (secondary N) is 4. The molecule has 0 aromatic rings. The van der Waals surface area contributed by atoms with E-state index in [1.165, 1.54) is 13.8 Å². The third-order valence-corrected chi connectivity index (χ3v) is 3.82. The quantitative estimate of drug-likeness (QED) is 0.0999. The van der Waals surface area contributed by atoms with Crippen LogP contribution in [-0.2, 0) is 24.0 Å². The molecular weight excluding hydrogens is 479 g/mol. The minimum absolute atomic E-state index is 0.0664. The third-order valence-electron chi connectivity index (χ3n) is 3.82. The van der Waals surface area contributed by atoms with E-state index in [0.29, 0.717) is 6.42 Å². The van der Waals surface area contributed by atoms with Crippen LogP contribution in [0.15, 0.2) is 4.99 Å². The van der Waals surface area contributed by atoms with Crippen LogP contribution in [0.3, 0.4) is 0 Å². The summed E-state index contributed by atoms with van der Waals surface area (Å²) in [5.41, 5.74) is 10.5. The number of carbonyl (C=O) groups excluding carboxylic acids is 4. The standard InChI is InChI=1S/C17H33N7O4.C2HF3O2/c1-9(2)21-14(26)11(4)23-16(28)13(7-6-8-20-17(18)19)24-15(27)10(3)22-12(5)25;3-2(4,5)1(6)7/h9-11,13H,6-8H2,1-5H3,(H,21,26)(H,22,25)(H,23,28)(H,24,27)(H4,18,19,20);(H,6,7)/t10-,11-,13-;/m0./s1. The predicted molar refractivity (Wildman–Crippen MR) is 120 cm³/mol. The zero-order chi connectivity index (χ0) is 27.9. The van der Waals surface area contributed by atoms with E-state index in [4.69, 9.17) is 21.4 Å². The Bertz CT molecular complexity index is 771. The number of carboxylic acid groups (broad SMARTS) is 1. The Morgan fingerprint density at radius 3 is 1.71 bits per heavy atom. The molecule has 0 aromatic carbocycles. The van der Waals surface area contributed by atoms with Crippen molar-refractivity contribution in [2.45, 2.75) is 77.8 Å². The number of carbonyl (C=O) groups is 5. The predicted octanol–water partition coefficient (Wildman–Crippen LogP) is -1.29. The van der Waals surface area contributed by atoms with Gasteiger partial charge in [-0.3, -0.25) is 24.2 Å². The first kappa shape index (κ1) is 33.6. The fourth-order valence-corrected chi connectivity index (χ4v) is 2.23. The molecule has 35 heavy (non-hydrogen) atoms. The van der Waals surface area contributed by atoms with Gasteiger partial charge in [0.15, 0.2) is 5.96 Å². The molecule has 4 amide bonds. The lowest BCUT2D eigenvalue weighted by Crippen LogP contribution is -2.55. The van der Waals surface area contributed by atoms with Crippen LogP contribution in [0.1, 0.15) is 47.5 Å². The Morgan fingerprint density at radius 2 is 1.31 bits per heavy atom. The van der Waals surface area contributed by atoms with Crippen LogP contribution in [0.2, 0.25) is 0 Å². The Hall–Kier alpha value is -3.59. The van der Waals surface area contributed by atoms with Crippen molar-refractivity contribution in [1.82, 2.24) is 21.3 Å². The van der Waals surface area contributed by atoms with Crippen LogP contribution in [-0.4, -0.2) is 77.6 Å². The van der Waals surface area contributed by atoms with E-state index in [1.54, 1.807) is 6.92 Å². The molecule has 202 valence electrons. The number of hydrogen-bond acceptors (Lipinski definition) is 6. The molecule has 0 rings (SSSR count). The number of nitrogens with zero attached hydrogens (tertiary/aromatic N) is 1. The molecule has 0 unspecified atom stereocenters. The Balaban J connectivity index is 0. The van der Waals surface area contributed by atoms with E-state index in [9.17, 15) is 32.3 Å². The maximum Gasteiger partial charge on any atom is 0.490 e. The number of hydrogen-bond donors (Lipinski definition) is 7. The van der Waals surface area contributed by atoms with Gasteiger partial charge in [0.25, 0.3) is 0 Å². The average molecular weight is 514 g/mol. The number of rotatable bonds is 11. The summed E-state index contributed by atoms with van der Waals surface area (Å²) in [6, 6.07) is -2.57. The van der Waals surface area contributed by atoms with E-state index in [1.807, 2.05) is 13.8 Å². The summed E-state index contributed by atoms with van der Waals surface area (Å²) in [4.78, 5) is 60.7. The first-order valence-corrected chi connectivity index (χ1v) is 10.4. The number of nitrogens with two attached hydrogens (primary N) is 2. The summed E-state index contributed by atoms with van der Waals surface area (Å²) in [5.74, 6) is -4.55. The van der Waals surface area contributed by atoms with Crippen LogP contribution >= 0.6 is 0 Å². The number of aliphatic carboxylic acids is 1. The Morgan fingerprint density at radius 1 is 0.857 bits per heavy atom. The SMILES string of the molecule is CC(=O)N[C@@H](C)C(=O)N[C@@H](CCCN=C(N)N)C(=O)N[C@@H](C)C(=O)NC(C)C.O=C(O)C(F)(F)F. The van der Waals surface area contributed by atoms with Gasteiger partial charge < -0.3 is 37.8 Å². The molecule has 0 spiro atoms. The lowest BCUT2D eigenvalue weighted by Gasteiger charge is -2.23. The molecule has 0 bridgehead atoms. The van der Waals surface area contributed by atoms with Crippen molar-refractivity contribution in [1.29, 1.82) is 0 Å². The van der Waals surface area contributed by atoms with Crippen molar-refractivity contribution in [3.63, 3.8) is 0 Å². The highest BCUT2D eigenvalue weighted by molar-refractivity contribution is 5.93.